The van der Waals surface area contributed by atoms with Crippen molar-refractivity contribution in [2.75, 3.05) is 29.9 Å². The van der Waals surface area contributed by atoms with Gasteiger partial charge in [0, 0.05) is 31.4 Å². The minimum absolute atomic E-state index is 0.0340. The molecule has 8 heteroatoms. The van der Waals surface area contributed by atoms with Gasteiger partial charge in [-0.25, -0.2) is 4.79 Å². The van der Waals surface area contributed by atoms with E-state index in [4.69, 9.17) is 4.52 Å². The molecule has 0 radical (unpaired) electrons. The zero-order valence-electron chi connectivity index (χ0n) is 13.3. The summed E-state index contributed by atoms with van der Waals surface area (Å²) in [7, 11) is 0. The molecule has 2 heterocycles. The number of aromatic nitrogens is 1. The third-order valence-corrected chi connectivity index (χ3v) is 3.66. The van der Waals surface area contributed by atoms with Crippen molar-refractivity contribution in [2.24, 2.45) is 0 Å². The summed E-state index contributed by atoms with van der Waals surface area (Å²) in [5.74, 6) is 1.04. The Balaban J connectivity index is 1.50. The molecule has 0 spiro atoms. The van der Waals surface area contributed by atoms with E-state index >= 15 is 0 Å². The third-order valence-electron chi connectivity index (χ3n) is 3.66. The molecule has 3 N–H and O–H groups in total. The lowest BCUT2D eigenvalue weighted by atomic mass is 10.2. The number of hydrogen-bond donors (Lipinski definition) is 3. The van der Waals surface area contributed by atoms with E-state index in [9.17, 15) is 9.59 Å². The van der Waals surface area contributed by atoms with Crippen LogP contribution in [-0.4, -0.2) is 36.7 Å². The van der Waals surface area contributed by atoms with Gasteiger partial charge in [-0.15, -0.1) is 0 Å². The normalized spacial score (nSPS) is 14.2. The van der Waals surface area contributed by atoms with Crippen molar-refractivity contribution in [1.29, 1.82) is 0 Å². The molecule has 1 aliphatic heterocycles. The number of amides is 3. The van der Waals surface area contributed by atoms with Crippen LogP contribution in [0.4, 0.5) is 16.3 Å². The van der Waals surface area contributed by atoms with Crippen LogP contribution in [0, 0.1) is 6.92 Å². The van der Waals surface area contributed by atoms with E-state index in [1.807, 2.05) is 29.2 Å². The topological polar surface area (TPSA) is 99.5 Å². The van der Waals surface area contributed by atoms with Gasteiger partial charge in [0.05, 0.1) is 6.54 Å². The molecule has 8 nitrogen and oxygen atoms in total. The number of hydrogen-bond acceptors (Lipinski definition) is 5. The smallest absolute Gasteiger partial charge is 0.320 e. The van der Waals surface area contributed by atoms with Crippen molar-refractivity contribution in [2.45, 2.75) is 13.5 Å². The van der Waals surface area contributed by atoms with Gasteiger partial charge >= 0.3 is 6.03 Å². The Morgan fingerprint density at radius 2 is 2.17 bits per heavy atom. The Hall–Kier alpha value is -3.03. The largest absolute Gasteiger partial charge is 0.360 e. The van der Waals surface area contributed by atoms with Crippen molar-refractivity contribution in [3.8, 4) is 0 Å². The number of carbonyl (C=O) groups is 2. The number of aryl methyl sites for hydroxylation is 1. The van der Waals surface area contributed by atoms with Crippen LogP contribution in [-0.2, 0) is 11.3 Å². The van der Waals surface area contributed by atoms with Crippen LogP contribution in [0.1, 0.15) is 11.3 Å². The fourth-order valence-electron chi connectivity index (χ4n) is 2.45. The quantitative estimate of drug-likeness (QED) is 0.784. The fraction of sp³-hybridized carbons (Fsp3) is 0.312. The number of nitrogens with zero attached hydrogens (tertiary/aromatic N) is 2. The second kappa shape index (κ2) is 7.03. The first-order valence-electron chi connectivity index (χ1n) is 7.69. The van der Waals surface area contributed by atoms with E-state index < -0.39 is 0 Å². The van der Waals surface area contributed by atoms with E-state index in [0.29, 0.717) is 31.2 Å². The molecule has 126 valence electrons. The maximum atomic E-state index is 11.8. The van der Waals surface area contributed by atoms with Gasteiger partial charge in [-0.3, -0.25) is 10.1 Å². The van der Waals surface area contributed by atoms with E-state index in [-0.39, 0.29) is 11.9 Å². The van der Waals surface area contributed by atoms with E-state index in [1.165, 1.54) is 0 Å². The Labute approximate surface area is 139 Å². The lowest BCUT2D eigenvalue weighted by Gasteiger charge is -2.28. The highest BCUT2D eigenvalue weighted by atomic mass is 16.5. The highest BCUT2D eigenvalue weighted by Crippen LogP contribution is 2.16. The summed E-state index contributed by atoms with van der Waals surface area (Å²) in [4.78, 5) is 25.2. The minimum Gasteiger partial charge on any atom is -0.360 e. The Morgan fingerprint density at radius 1 is 1.38 bits per heavy atom. The van der Waals surface area contributed by atoms with Crippen LogP contribution >= 0.6 is 0 Å². The van der Waals surface area contributed by atoms with E-state index in [2.05, 4.69) is 21.1 Å². The average Bonchev–Trinajstić information content (AvgIpc) is 2.98. The first kappa shape index (κ1) is 15.9. The Bertz CT molecular complexity index is 726. The van der Waals surface area contributed by atoms with Gasteiger partial charge in [0.1, 0.15) is 5.76 Å². The molecule has 0 unspecified atom stereocenters. The van der Waals surface area contributed by atoms with Crippen LogP contribution in [0.2, 0.25) is 0 Å². The van der Waals surface area contributed by atoms with Gasteiger partial charge in [-0.05, 0) is 24.6 Å². The van der Waals surface area contributed by atoms with E-state index in [0.717, 1.165) is 17.8 Å². The number of rotatable bonds is 4. The monoisotopic (exact) mass is 329 g/mol. The molecule has 1 aromatic heterocycles. The highest BCUT2D eigenvalue weighted by molar-refractivity contribution is 5.88. The number of piperazine rings is 1. The molecule has 0 atom stereocenters. The molecule has 3 rings (SSSR count). The van der Waals surface area contributed by atoms with Crippen molar-refractivity contribution in [3.63, 3.8) is 0 Å². The molecule has 1 aromatic carbocycles. The second-order valence-electron chi connectivity index (χ2n) is 5.57. The number of benzene rings is 1. The summed E-state index contributed by atoms with van der Waals surface area (Å²) >= 11 is 0. The van der Waals surface area contributed by atoms with E-state index in [1.54, 1.807) is 13.0 Å². The predicted molar refractivity (Wildman–Crippen MR) is 88.8 cm³/mol. The van der Waals surface area contributed by atoms with Crippen LogP contribution < -0.4 is 20.9 Å². The van der Waals surface area contributed by atoms with Gasteiger partial charge in [-0.2, -0.15) is 0 Å². The summed E-state index contributed by atoms with van der Waals surface area (Å²) in [6.07, 6.45) is 0. The molecule has 24 heavy (non-hydrogen) atoms. The van der Waals surface area contributed by atoms with Crippen molar-refractivity contribution < 1.29 is 14.1 Å². The molecule has 3 amide bonds. The molecular formula is C16H19N5O3. The van der Waals surface area contributed by atoms with Gasteiger partial charge in [-0.1, -0.05) is 17.3 Å². The lowest BCUT2D eigenvalue weighted by Crippen LogP contribution is -2.47. The van der Waals surface area contributed by atoms with Crippen molar-refractivity contribution in [3.05, 3.63) is 41.7 Å². The maximum absolute atomic E-state index is 11.8. The van der Waals surface area contributed by atoms with Crippen LogP contribution in [0.5, 0.6) is 0 Å². The first-order chi connectivity index (χ1) is 11.6. The summed E-state index contributed by atoms with van der Waals surface area (Å²) in [5.41, 5.74) is 1.96. The summed E-state index contributed by atoms with van der Waals surface area (Å²) < 4.78 is 4.88. The predicted octanol–water partition coefficient (Wildman–Crippen LogP) is 1.24. The summed E-state index contributed by atoms with van der Waals surface area (Å²) in [6, 6.07) is 9.07. The molecule has 1 aliphatic rings. The van der Waals surface area contributed by atoms with Gasteiger partial charge in [0.25, 0.3) is 0 Å². The molecule has 0 saturated carbocycles. The lowest BCUT2D eigenvalue weighted by molar-refractivity contribution is -0.120. The van der Waals surface area contributed by atoms with Crippen LogP contribution in [0.15, 0.2) is 34.9 Å². The third kappa shape index (κ3) is 4.03. The Morgan fingerprint density at radius 3 is 2.83 bits per heavy atom. The average molecular weight is 329 g/mol. The maximum Gasteiger partial charge on any atom is 0.320 e. The molecule has 1 saturated heterocycles. The molecule has 0 bridgehead atoms. The Kier molecular flexibility index (Phi) is 4.64. The standard InChI is InChI=1S/C16H19N5O3/c1-11-8-14(20-24-11)19-16(23)18-9-12-2-4-13(5-3-12)21-7-6-17-15(22)10-21/h2-5,8H,6-7,9-10H2,1H3,(H,17,22)(H2,18,19,20,23). The number of urea groups is 1. The molecular weight excluding hydrogens is 310 g/mol. The minimum atomic E-state index is -0.347. The first-order valence-corrected chi connectivity index (χ1v) is 7.69. The molecule has 1 fully saturated rings. The number of carbonyl (C=O) groups excluding carboxylic acids is 2. The zero-order chi connectivity index (χ0) is 16.9. The summed E-state index contributed by atoms with van der Waals surface area (Å²) in [6.45, 7) is 3.97. The second-order valence-corrected chi connectivity index (χ2v) is 5.57. The number of anilines is 2. The highest BCUT2D eigenvalue weighted by Gasteiger charge is 2.16. The van der Waals surface area contributed by atoms with Crippen LogP contribution in [0.25, 0.3) is 0 Å². The van der Waals surface area contributed by atoms with Crippen molar-refractivity contribution >= 4 is 23.4 Å². The number of nitrogens with one attached hydrogen (secondary N) is 3. The van der Waals surface area contributed by atoms with Crippen molar-refractivity contribution in [1.82, 2.24) is 15.8 Å². The zero-order valence-corrected chi connectivity index (χ0v) is 13.3. The molecule has 2 aromatic rings. The van der Waals surface area contributed by atoms with Crippen LogP contribution in [0.3, 0.4) is 0 Å². The van der Waals surface area contributed by atoms with Gasteiger partial charge in [0.15, 0.2) is 5.82 Å². The van der Waals surface area contributed by atoms with Gasteiger partial charge in [0.2, 0.25) is 5.91 Å². The SMILES string of the molecule is Cc1cc(NC(=O)NCc2ccc(N3CCNC(=O)C3)cc2)no1. The summed E-state index contributed by atoms with van der Waals surface area (Å²) in [5, 5.41) is 11.8. The fourth-order valence-corrected chi connectivity index (χ4v) is 2.45. The molecule has 0 aliphatic carbocycles. The van der Waals surface area contributed by atoms with Gasteiger partial charge < -0.3 is 20.1 Å².